The van der Waals surface area contributed by atoms with E-state index in [1.54, 1.807) is 0 Å². The average molecular weight is 250 g/mol. The van der Waals surface area contributed by atoms with Crippen molar-refractivity contribution in [1.29, 1.82) is 0 Å². The Labute approximate surface area is 106 Å². The maximum Gasteiger partial charge on any atom is 0.310 e. The van der Waals surface area contributed by atoms with Crippen LogP contribution in [-0.2, 0) is 16.1 Å². The van der Waals surface area contributed by atoms with E-state index < -0.39 is 0 Å². The fourth-order valence-electron chi connectivity index (χ4n) is 2.21. The zero-order chi connectivity index (χ0) is 13.0. The minimum Gasteiger partial charge on any atom is -0.469 e. The summed E-state index contributed by atoms with van der Waals surface area (Å²) >= 11 is 0. The highest BCUT2D eigenvalue weighted by Gasteiger charge is 2.28. The molecule has 0 aromatic carbocycles. The van der Waals surface area contributed by atoms with Crippen LogP contribution in [0.15, 0.2) is 18.2 Å². The lowest BCUT2D eigenvalue weighted by atomic mass is 10.1. The van der Waals surface area contributed by atoms with E-state index in [1.807, 2.05) is 18.2 Å². The molecule has 6 heteroatoms. The Kier molecular flexibility index (Phi) is 4.11. The van der Waals surface area contributed by atoms with Crippen molar-refractivity contribution in [2.24, 2.45) is 11.8 Å². The van der Waals surface area contributed by atoms with Gasteiger partial charge < -0.3 is 10.2 Å². The van der Waals surface area contributed by atoms with Crippen LogP contribution >= 0.6 is 0 Å². The molecule has 6 nitrogen and oxygen atoms in total. The lowest BCUT2D eigenvalue weighted by Crippen LogP contribution is -2.24. The largest absolute Gasteiger partial charge is 0.469 e. The maximum absolute atomic E-state index is 11.4. The van der Waals surface area contributed by atoms with Gasteiger partial charge in [0.1, 0.15) is 5.82 Å². The predicted octanol–water partition coefficient (Wildman–Crippen LogP) is 0.362. The van der Waals surface area contributed by atoms with Crippen LogP contribution < -0.4 is 11.3 Å². The van der Waals surface area contributed by atoms with Crippen molar-refractivity contribution in [3.05, 3.63) is 23.9 Å². The third-order valence-corrected chi connectivity index (χ3v) is 3.15. The van der Waals surface area contributed by atoms with Crippen LogP contribution in [0.2, 0.25) is 0 Å². The van der Waals surface area contributed by atoms with Crippen molar-refractivity contribution in [3.63, 3.8) is 0 Å². The van der Waals surface area contributed by atoms with Crippen molar-refractivity contribution in [1.82, 2.24) is 9.88 Å². The molecule has 0 aliphatic carbocycles. The molecule has 1 aromatic heterocycles. The number of likely N-dealkylation sites (tertiary alicyclic amines) is 1. The van der Waals surface area contributed by atoms with E-state index in [2.05, 4.69) is 15.3 Å². The summed E-state index contributed by atoms with van der Waals surface area (Å²) in [5.41, 5.74) is 3.47. The summed E-state index contributed by atoms with van der Waals surface area (Å²) in [4.78, 5) is 18.0. The topological polar surface area (TPSA) is 80.5 Å². The molecule has 1 saturated heterocycles. The number of anilines is 1. The number of carbonyl (C=O) groups is 1. The molecule has 3 N–H and O–H groups in total. The number of ether oxygens (including phenoxy) is 1. The lowest BCUT2D eigenvalue weighted by molar-refractivity contribution is -0.144. The van der Waals surface area contributed by atoms with E-state index >= 15 is 0 Å². The Bertz CT molecular complexity index is 424. The van der Waals surface area contributed by atoms with Gasteiger partial charge in [-0.3, -0.25) is 9.69 Å². The fourth-order valence-corrected chi connectivity index (χ4v) is 2.21. The molecule has 2 rings (SSSR count). The number of carbonyl (C=O) groups excluding carboxylic acids is 1. The number of hydrazine groups is 1. The molecule has 1 aliphatic heterocycles. The Hall–Kier alpha value is -1.66. The fraction of sp³-hybridized carbons (Fsp3) is 0.500. The first-order chi connectivity index (χ1) is 8.72. The molecule has 1 atom stereocenters. The van der Waals surface area contributed by atoms with E-state index in [0.29, 0.717) is 5.82 Å². The van der Waals surface area contributed by atoms with E-state index in [1.165, 1.54) is 7.11 Å². The number of methoxy groups -OCH3 is 1. The SMILES string of the molecule is COC(=O)C1CCN(Cc2cccc(NN)n2)C1. The third-order valence-electron chi connectivity index (χ3n) is 3.15. The van der Waals surface area contributed by atoms with Crippen LogP contribution in [-0.4, -0.2) is 36.1 Å². The van der Waals surface area contributed by atoms with Gasteiger partial charge in [-0.05, 0) is 25.1 Å². The van der Waals surface area contributed by atoms with Gasteiger partial charge in [0, 0.05) is 13.1 Å². The molecular weight excluding hydrogens is 232 g/mol. The maximum atomic E-state index is 11.4. The van der Waals surface area contributed by atoms with Crippen molar-refractivity contribution >= 4 is 11.8 Å². The molecule has 98 valence electrons. The predicted molar refractivity (Wildman–Crippen MR) is 67.4 cm³/mol. The first-order valence-corrected chi connectivity index (χ1v) is 5.95. The van der Waals surface area contributed by atoms with Crippen LogP contribution in [0.3, 0.4) is 0 Å². The normalized spacial score (nSPS) is 19.8. The van der Waals surface area contributed by atoms with E-state index in [9.17, 15) is 4.79 Å². The number of esters is 1. The van der Waals surface area contributed by atoms with Gasteiger partial charge in [0.15, 0.2) is 0 Å². The lowest BCUT2D eigenvalue weighted by Gasteiger charge is -2.15. The smallest absolute Gasteiger partial charge is 0.310 e. The summed E-state index contributed by atoms with van der Waals surface area (Å²) < 4.78 is 4.76. The van der Waals surface area contributed by atoms with Crippen LogP contribution in [0.4, 0.5) is 5.82 Å². The second kappa shape index (κ2) is 5.79. The summed E-state index contributed by atoms with van der Waals surface area (Å²) in [6.45, 7) is 2.35. The van der Waals surface area contributed by atoms with Crippen molar-refractivity contribution in [2.75, 3.05) is 25.6 Å². The van der Waals surface area contributed by atoms with Crippen LogP contribution in [0.1, 0.15) is 12.1 Å². The molecule has 1 aliphatic rings. The highest BCUT2D eigenvalue weighted by Crippen LogP contribution is 2.19. The van der Waals surface area contributed by atoms with E-state index in [0.717, 1.165) is 31.7 Å². The van der Waals surface area contributed by atoms with Crippen molar-refractivity contribution in [2.45, 2.75) is 13.0 Å². The van der Waals surface area contributed by atoms with E-state index in [4.69, 9.17) is 10.6 Å². The Balaban J connectivity index is 1.92. The van der Waals surface area contributed by atoms with Gasteiger partial charge in [-0.1, -0.05) is 6.07 Å². The molecule has 1 aromatic rings. The third kappa shape index (κ3) is 2.96. The number of nitrogens with two attached hydrogens (primary N) is 1. The number of aromatic nitrogens is 1. The van der Waals surface area contributed by atoms with Gasteiger partial charge in [-0.25, -0.2) is 10.8 Å². The van der Waals surface area contributed by atoms with Crippen LogP contribution in [0, 0.1) is 5.92 Å². The highest BCUT2D eigenvalue weighted by atomic mass is 16.5. The standard InChI is InChI=1S/C12H18N4O2/c1-18-12(17)9-5-6-16(7-9)8-10-3-2-4-11(14-10)15-13/h2-4,9H,5-8,13H2,1H3,(H,14,15). The second-order valence-electron chi connectivity index (χ2n) is 4.40. The van der Waals surface area contributed by atoms with Gasteiger partial charge in [-0.15, -0.1) is 0 Å². The molecule has 0 amide bonds. The van der Waals surface area contributed by atoms with Crippen LogP contribution in [0.5, 0.6) is 0 Å². The molecule has 0 saturated carbocycles. The number of nitrogens with one attached hydrogen (secondary N) is 1. The first kappa shape index (κ1) is 12.8. The molecule has 0 radical (unpaired) electrons. The van der Waals surface area contributed by atoms with Crippen LogP contribution in [0.25, 0.3) is 0 Å². The zero-order valence-corrected chi connectivity index (χ0v) is 10.4. The minimum absolute atomic E-state index is 0.00850. The van der Waals surface area contributed by atoms with Crippen molar-refractivity contribution < 1.29 is 9.53 Å². The monoisotopic (exact) mass is 250 g/mol. The van der Waals surface area contributed by atoms with Gasteiger partial charge in [0.25, 0.3) is 0 Å². The quantitative estimate of drug-likeness (QED) is 0.456. The summed E-state index contributed by atoms with van der Waals surface area (Å²) in [6.07, 6.45) is 0.849. The van der Waals surface area contributed by atoms with Crippen molar-refractivity contribution in [3.8, 4) is 0 Å². The Morgan fingerprint density at radius 2 is 2.50 bits per heavy atom. The van der Waals surface area contributed by atoms with Gasteiger partial charge in [-0.2, -0.15) is 0 Å². The van der Waals surface area contributed by atoms with Gasteiger partial charge in [0.2, 0.25) is 0 Å². The number of hydrogen-bond donors (Lipinski definition) is 2. The Morgan fingerprint density at radius 3 is 3.22 bits per heavy atom. The second-order valence-corrected chi connectivity index (χ2v) is 4.40. The summed E-state index contributed by atoms with van der Waals surface area (Å²) in [5.74, 6) is 5.84. The number of nitrogens with zero attached hydrogens (tertiary/aromatic N) is 2. The highest BCUT2D eigenvalue weighted by molar-refractivity contribution is 5.72. The molecule has 2 heterocycles. The van der Waals surface area contributed by atoms with Gasteiger partial charge in [0.05, 0.1) is 18.7 Å². The average Bonchev–Trinajstić information content (AvgIpc) is 2.86. The molecule has 1 fully saturated rings. The number of pyridine rings is 1. The molecule has 1 unspecified atom stereocenters. The number of nitrogen functional groups attached to an aromatic ring is 1. The summed E-state index contributed by atoms with van der Waals surface area (Å²) in [5, 5.41) is 0. The molecule has 0 spiro atoms. The van der Waals surface area contributed by atoms with E-state index in [-0.39, 0.29) is 11.9 Å². The zero-order valence-electron chi connectivity index (χ0n) is 10.4. The summed E-state index contributed by atoms with van der Waals surface area (Å²) in [7, 11) is 1.43. The molecular formula is C12H18N4O2. The molecule has 0 bridgehead atoms. The number of hydrogen-bond acceptors (Lipinski definition) is 6. The summed E-state index contributed by atoms with van der Waals surface area (Å²) in [6, 6.07) is 5.67. The molecule has 18 heavy (non-hydrogen) atoms. The first-order valence-electron chi connectivity index (χ1n) is 5.95. The van der Waals surface area contributed by atoms with Gasteiger partial charge >= 0.3 is 5.97 Å². The number of rotatable bonds is 4. The minimum atomic E-state index is -0.122. The Morgan fingerprint density at radius 1 is 1.67 bits per heavy atom.